The number of thiocarbonyl (C=S) groups is 1. The number of anilines is 2. The second-order valence-electron chi connectivity index (χ2n) is 8.92. The first kappa shape index (κ1) is 22.0. The molecule has 1 aromatic heterocycles. The summed E-state index contributed by atoms with van der Waals surface area (Å²) in [5.74, 6) is 0.830. The van der Waals surface area contributed by atoms with Gasteiger partial charge in [-0.2, -0.15) is 0 Å². The molecular weight excluding hydrogens is 428 g/mol. The Hall–Kier alpha value is -2.83. The monoisotopic (exact) mass is 460 g/mol. The number of benzene rings is 2. The Labute approximate surface area is 201 Å². The minimum atomic E-state index is 0.561. The highest BCUT2D eigenvalue weighted by Crippen LogP contribution is 2.34. The maximum atomic E-state index is 5.58. The normalized spacial score (nSPS) is 18.8. The zero-order chi connectivity index (χ0) is 22.6. The highest BCUT2D eigenvalue weighted by Gasteiger charge is 2.24. The van der Waals surface area contributed by atoms with Crippen LogP contribution in [-0.2, 0) is 0 Å². The highest BCUT2D eigenvalue weighted by molar-refractivity contribution is 7.80. The number of fused-ring (bicyclic) bond motifs is 2. The van der Waals surface area contributed by atoms with Crippen molar-refractivity contribution in [3.8, 4) is 5.75 Å². The maximum Gasteiger partial charge on any atom is 0.175 e. The largest absolute Gasteiger partial charge is 0.494 e. The highest BCUT2D eigenvalue weighted by atomic mass is 32.1. The summed E-state index contributed by atoms with van der Waals surface area (Å²) in [6, 6.07) is 15.0. The molecule has 0 radical (unpaired) electrons. The molecule has 0 spiro atoms. The van der Waals surface area contributed by atoms with E-state index in [-0.39, 0.29) is 0 Å². The number of rotatable bonds is 5. The van der Waals surface area contributed by atoms with Crippen molar-refractivity contribution in [2.24, 2.45) is 0 Å². The van der Waals surface area contributed by atoms with E-state index < -0.39 is 0 Å². The van der Waals surface area contributed by atoms with Crippen LogP contribution < -0.4 is 15.4 Å². The first-order valence-electron chi connectivity index (χ1n) is 12.0. The first-order valence-corrected chi connectivity index (χ1v) is 12.5. The zero-order valence-corrected chi connectivity index (χ0v) is 20.0. The Balaban J connectivity index is 1.31. The molecule has 3 aromatic rings. The minimum absolute atomic E-state index is 0.561. The van der Waals surface area contributed by atoms with Crippen LogP contribution in [0.15, 0.2) is 54.7 Å². The molecule has 1 unspecified atom stereocenters. The smallest absolute Gasteiger partial charge is 0.175 e. The summed E-state index contributed by atoms with van der Waals surface area (Å²) in [6.07, 6.45) is 11.1. The Bertz CT molecular complexity index is 1170. The first-order chi connectivity index (χ1) is 16.2. The molecule has 0 amide bonds. The fraction of sp³-hybridized carbons (Fsp3) is 0.370. The molecule has 5 rings (SSSR count). The van der Waals surface area contributed by atoms with Crippen LogP contribution >= 0.6 is 12.2 Å². The molecular formula is C27H32N4OS. The molecule has 0 saturated carbocycles. The molecule has 1 saturated heterocycles. The van der Waals surface area contributed by atoms with Gasteiger partial charge in [0, 0.05) is 52.7 Å². The molecule has 3 N–H and O–H groups in total. The number of allylic oxidation sites excluding steroid dienone is 1. The summed E-state index contributed by atoms with van der Waals surface area (Å²) in [5, 5.41) is 8.41. The van der Waals surface area contributed by atoms with Crippen molar-refractivity contribution in [1.29, 1.82) is 0 Å². The third-order valence-electron chi connectivity index (χ3n) is 6.76. The van der Waals surface area contributed by atoms with Gasteiger partial charge in [-0.25, -0.2) is 0 Å². The molecule has 172 valence electrons. The number of aromatic nitrogens is 1. The minimum Gasteiger partial charge on any atom is -0.494 e. The van der Waals surface area contributed by atoms with Crippen molar-refractivity contribution in [3.63, 3.8) is 0 Å². The van der Waals surface area contributed by atoms with Gasteiger partial charge in [-0.1, -0.05) is 18.6 Å². The molecule has 6 heteroatoms. The van der Waals surface area contributed by atoms with Crippen LogP contribution in [0.4, 0.5) is 11.4 Å². The van der Waals surface area contributed by atoms with Gasteiger partial charge < -0.3 is 20.4 Å². The average Bonchev–Trinajstić information content (AvgIpc) is 3.11. The Kier molecular flexibility index (Phi) is 6.65. The molecule has 33 heavy (non-hydrogen) atoms. The van der Waals surface area contributed by atoms with Gasteiger partial charge in [0.2, 0.25) is 0 Å². The van der Waals surface area contributed by atoms with Crippen LogP contribution in [0.5, 0.6) is 5.75 Å². The third kappa shape index (κ3) is 5.07. The van der Waals surface area contributed by atoms with E-state index in [2.05, 4.69) is 51.0 Å². The van der Waals surface area contributed by atoms with E-state index in [9.17, 15) is 0 Å². The summed E-state index contributed by atoms with van der Waals surface area (Å²) in [6.45, 7) is 4.93. The lowest BCUT2D eigenvalue weighted by atomic mass is 9.95. The molecule has 0 aliphatic carbocycles. The van der Waals surface area contributed by atoms with Crippen LogP contribution in [0, 0.1) is 0 Å². The van der Waals surface area contributed by atoms with E-state index in [4.69, 9.17) is 17.0 Å². The summed E-state index contributed by atoms with van der Waals surface area (Å²) < 4.78 is 5.58. The Morgan fingerprint density at radius 1 is 1.12 bits per heavy atom. The van der Waals surface area contributed by atoms with Gasteiger partial charge in [-0.15, -0.1) is 0 Å². The number of nitrogens with one attached hydrogen (secondary N) is 3. The number of hydrogen-bond donors (Lipinski definition) is 3. The van der Waals surface area contributed by atoms with Gasteiger partial charge in [0.15, 0.2) is 5.11 Å². The molecule has 1 fully saturated rings. The van der Waals surface area contributed by atoms with Crippen molar-refractivity contribution in [3.05, 3.63) is 60.3 Å². The van der Waals surface area contributed by atoms with E-state index in [0.717, 1.165) is 41.6 Å². The number of ether oxygens (including phenoxy) is 1. The van der Waals surface area contributed by atoms with Gasteiger partial charge >= 0.3 is 0 Å². The number of hydrogen-bond acceptors (Lipinski definition) is 3. The maximum absolute atomic E-state index is 5.58. The quantitative estimate of drug-likeness (QED) is 0.384. The van der Waals surface area contributed by atoms with Crippen LogP contribution in [0.3, 0.4) is 0 Å². The predicted molar refractivity (Wildman–Crippen MR) is 142 cm³/mol. The average molecular weight is 461 g/mol. The van der Waals surface area contributed by atoms with Crippen molar-refractivity contribution in [2.45, 2.75) is 45.1 Å². The summed E-state index contributed by atoms with van der Waals surface area (Å²) in [4.78, 5) is 6.13. The fourth-order valence-electron chi connectivity index (χ4n) is 5.11. The SMILES string of the molecule is CCOc1cccc(NC(=S)Nc2ccc3[nH]cc(C4=CCN5CCCCC5CC4)c3c2)c1. The molecule has 2 aliphatic heterocycles. The van der Waals surface area contributed by atoms with E-state index in [1.807, 2.05) is 31.2 Å². The van der Waals surface area contributed by atoms with E-state index >= 15 is 0 Å². The van der Waals surface area contributed by atoms with Crippen LogP contribution in [0.25, 0.3) is 16.5 Å². The Morgan fingerprint density at radius 2 is 2.00 bits per heavy atom. The standard InChI is InChI=1S/C27H32N4OS/c1-2-32-23-8-5-6-20(16-23)29-27(33)30-21-10-12-26-24(17-21)25(18-28-26)19-9-11-22-7-3-4-14-31(22)15-13-19/h5-6,8,10,12-13,16-18,22,28H,2-4,7,9,11,14-15H2,1H3,(H2,29,30,33). The third-order valence-corrected chi connectivity index (χ3v) is 6.96. The molecule has 0 bridgehead atoms. The molecule has 1 atom stereocenters. The van der Waals surface area contributed by atoms with Gasteiger partial charge in [0.05, 0.1) is 6.61 Å². The summed E-state index contributed by atoms with van der Waals surface area (Å²) in [5.41, 5.74) is 5.81. The number of nitrogens with zero attached hydrogens (tertiary/aromatic N) is 1. The lowest BCUT2D eigenvalue weighted by Crippen LogP contribution is -2.38. The molecule has 2 aromatic carbocycles. The number of aromatic amines is 1. The molecule has 2 aliphatic rings. The van der Waals surface area contributed by atoms with Crippen LogP contribution in [0.2, 0.25) is 0 Å². The van der Waals surface area contributed by atoms with Crippen molar-refractivity contribution in [2.75, 3.05) is 30.3 Å². The lowest BCUT2D eigenvalue weighted by Gasteiger charge is -2.33. The van der Waals surface area contributed by atoms with Gasteiger partial charge in [-0.05, 0) is 87.3 Å². The van der Waals surface area contributed by atoms with Crippen molar-refractivity contribution >= 4 is 45.2 Å². The van der Waals surface area contributed by atoms with Gasteiger partial charge in [0.1, 0.15) is 5.75 Å². The lowest BCUT2D eigenvalue weighted by molar-refractivity contribution is 0.161. The summed E-state index contributed by atoms with van der Waals surface area (Å²) >= 11 is 5.57. The van der Waals surface area contributed by atoms with E-state index in [0.29, 0.717) is 11.7 Å². The fourth-order valence-corrected chi connectivity index (χ4v) is 5.35. The van der Waals surface area contributed by atoms with Gasteiger partial charge in [-0.3, -0.25) is 4.90 Å². The van der Waals surface area contributed by atoms with Crippen LogP contribution in [-0.4, -0.2) is 40.7 Å². The van der Waals surface area contributed by atoms with Crippen molar-refractivity contribution < 1.29 is 4.74 Å². The summed E-state index contributed by atoms with van der Waals surface area (Å²) in [7, 11) is 0. The topological polar surface area (TPSA) is 52.3 Å². The van der Waals surface area contributed by atoms with E-state index in [1.165, 1.54) is 48.8 Å². The predicted octanol–water partition coefficient (Wildman–Crippen LogP) is 6.41. The molecule has 5 nitrogen and oxygen atoms in total. The second kappa shape index (κ2) is 9.98. The Morgan fingerprint density at radius 3 is 2.88 bits per heavy atom. The van der Waals surface area contributed by atoms with Gasteiger partial charge in [0.25, 0.3) is 0 Å². The van der Waals surface area contributed by atoms with Crippen molar-refractivity contribution in [1.82, 2.24) is 9.88 Å². The second-order valence-corrected chi connectivity index (χ2v) is 9.32. The molecule has 3 heterocycles. The van der Waals surface area contributed by atoms with Crippen LogP contribution in [0.1, 0.15) is 44.6 Å². The zero-order valence-electron chi connectivity index (χ0n) is 19.2. The number of piperidine rings is 1. The van der Waals surface area contributed by atoms with E-state index in [1.54, 1.807) is 0 Å². The number of H-pyrrole nitrogens is 1.